The average Bonchev–Trinajstić information content (AvgIpc) is 2.92. The second-order valence-electron chi connectivity index (χ2n) is 5.98. The van der Waals surface area contributed by atoms with E-state index >= 15 is 0 Å². The second kappa shape index (κ2) is 8.82. The minimum absolute atomic E-state index is 0. The molecule has 8 heteroatoms. The molecule has 0 bridgehead atoms. The van der Waals surface area contributed by atoms with Gasteiger partial charge in [-0.3, -0.25) is 14.5 Å². The topological polar surface area (TPSA) is 105 Å². The van der Waals surface area contributed by atoms with Gasteiger partial charge in [-0.15, -0.1) is 12.4 Å². The number of imide groups is 1. The van der Waals surface area contributed by atoms with Gasteiger partial charge in [-0.2, -0.15) is 0 Å². The van der Waals surface area contributed by atoms with Crippen LogP contribution in [0.2, 0.25) is 0 Å². The van der Waals surface area contributed by atoms with Crippen molar-refractivity contribution in [1.29, 1.82) is 0 Å². The summed E-state index contributed by atoms with van der Waals surface area (Å²) in [5, 5.41) is 5.49. The number of nitrogens with one attached hydrogen (secondary N) is 2. The van der Waals surface area contributed by atoms with Gasteiger partial charge in [0.25, 0.3) is 5.91 Å². The zero-order chi connectivity index (χ0) is 17.7. The van der Waals surface area contributed by atoms with Crippen LogP contribution in [0.4, 0.5) is 4.79 Å². The lowest BCUT2D eigenvalue weighted by Crippen LogP contribution is -2.52. The van der Waals surface area contributed by atoms with Crippen LogP contribution in [0, 0.1) is 0 Å². The lowest BCUT2D eigenvalue weighted by molar-refractivity contribution is -0.125. The highest BCUT2D eigenvalue weighted by Gasteiger charge is 2.29. The number of benzene rings is 1. The van der Waals surface area contributed by atoms with Crippen LogP contribution in [0.15, 0.2) is 24.3 Å². The number of rotatable bonds is 7. The van der Waals surface area contributed by atoms with E-state index in [0.29, 0.717) is 12.1 Å². The summed E-state index contributed by atoms with van der Waals surface area (Å²) in [5.41, 5.74) is 6.72. The van der Waals surface area contributed by atoms with E-state index in [4.69, 9.17) is 5.73 Å². The Labute approximate surface area is 153 Å². The van der Waals surface area contributed by atoms with Crippen molar-refractivity contribution in [3.8, 4) is 0 Å². The van der Waals surface area contributed by atoms with Gasteiger partial charge in [-0.1, -0.05) is 26.0 Å². The van der Waals surface area contributed by atoms with Crippen LogP contribution in [-0.2, 0) is 11.3 Å². The first-order valence-electron chi connectivity index (χ1n) is 8.14. The quantitative estimate of drug-likeness (QED) is 0.633. The van der Waals surface area contributed by atoms with E-state index in [9.17, 15) is 14.4 Å². The Morgan fingerprint density at radius 1 is 1.24 bits per heavy atom. The summed E-state index contributed by atoms with van der Waals surface area (Å²) in [6, 6.07) is 6.48. The first-order chi connectivity index (χ1) is 11.4. The maximum absolute atomic E-state index is 12.4. The molecule has 1 saturated heterocycles. The lowest BCUT2D eigenvalue weighted by Gasteiger charge is -2.31. The number of nitrogens with two attached hydrogens (primary N) is 1. The standard InChI is InChI=1S/C17H24N4O3.ClH/c1-3-17(4-2,11-18)20-15(23)13-7-5-12(6-8-13)10-21-14(22)9-19-16(21)24;/h5-8H,3-4,9-11,18H2,1-2H3,(H,19,24)(H,20,23);1H. The molecule has 1 aromatic rings. The normalized spacial score (nSPS) is 14.1. The summed E-state index contributed by atoms with van der Waals surface area (Å²) in [4.78, 5) is 36.7. The minimum atomic E-state index is -0.393. The fraction of sp³-hybridized carbons (Fsp3) is 0.471. The van der Waals surface area contributed by atoms with Crippen LogP contribution in [0.1, 0.15) is 42.6 Å². The van der Waals surface area contributed by atoms with Crippen molar-refractivity contribution >= 4 is 30.3 Å². The van der Waals surface area contributed by atoms with Gasteiger partial charge in [0.1, 0.15) is 0 Å². The molecule has 0 aliphatic carbocycles. The summed E-state index contributed by atoms with van der Waals surface area (Å²) < 4.78 is 0. The Morgan fingerprint density at radius 2 is 1.84 bits per heavy atom. The first kappa shape index (κ1) is 20.9. The van der Waals surface area contributed by atoms with Crippen LogP contribution in [0.3, 0.4) is 0 Å². The fourth-order valence-electron chi connectivity index (χ4n) is 2.64. The van der Waals surface area contributed by atoms with Crippen molar-refractivity contribution in [2.75, 3.05) is 13.1 Å². The number of nitrogens with zero attached hydrogens (tertiary/aromatic N) is 1. The van der Waals surface area contributed by atoms with Crippen LogP contribution in [0.5, 0.6) is 0 Å². The van der Waals surface area contributed by atoms with Crippen molar-refractivity contribution in [2.45, 2.75) is 38.8 Å². The predicted molar refractivity (Wildman–Crippen MR) is 97.5 cm³/mol. The molecule has 4 amide bonds. The Hall–Kier alpha value is -2.12. The number of carbonyl (C=O) groups excluding carboxylic acids is 3. The summed E-state index contributed by atoms with van der Waals surface area (Å²) in [5.74, 6) is -0.425. The summed E-state index contributed by atoms with van der Waals surface area (Å²) in [7, 11) is 0. The predicted octanol–water partition coefficient (Wildman–Crippen LogP) is 1.41. The fourth-order valence-corrected chi connectivity index (χ4v) is 2.64. The number of urea groups is 1. The molecule has 1 heterocycles. The van der Waals surface area contributed by atoms with Gasteiger partial charge in [0, 0.05) is 12.1 Å². The molecule has 4 N–H and O–H groups in total. The highest BCUT2D eigenvalue weighted by molar-refractivity contribution is 6.01. The third kappa shape index (κ3) is 4.70. The molecule has 138 valence electrons. The molecule has 0 radical (unpaired) electrons. The molecule has 0 atom stereocenters. The number of hydrogen-bond acceptors (Lipinski definition) is 4. The van der Waals surface area contributed by atoms with E-state index in [-0.39, 0.29) is 43.3 Å². The van der Waals surface area contributed by atoms with E-state index in [1.807, 2.05) is 13.8 Å². The maximum atomic E-state index is 12.4. The van der Waals surface area contributed by atoms with Gasteiger partial charge in [0.2, 0.25) is 5.91 Å². The summed E-state index contributed by atoms with van der Waals surface area (Å²) in [6.45, 7) is 4.61. The summed E-state index contributed by atoms with van der Waals surface area (Å²) >= 11 is 0. The van der Waals surface area contributed by atoms with E-state index in [1.165, 1.54) is 0 Å². The monoisotopic (exact) mass is 368 g/mol. The Balaban J connectivity index is 0.00000312. The molecule has 1 fully saturated rings. The molecule has 1 aliphatic heterocycles. The Bertz CT molecular complexity index is 605. The highest BCUT2D eigenvalue weighted by atomic mass is 35.5. The molecule has 25 heavy (non-hydrogen) atoms. The zero-order valence-electron chi connectivity index (χ0n) is 14.5. The number of hydrogen-bond donors (Lipinski definition) is 3. The van der Waals surface area contributed by atoms with Crippen molar-refractivity contribution in [3.63, 3.8) is 0 Å². The lowest BCUT2D eigenvalue weighted by atomic mass is 9.92. The molecular formula is C17H25ClN4O3. The number of carbonyl (C=O) groups is 3. The zero-order valence-corrected chi connectivity index (χ0v) is 15.3. The smallest absolute Gasteiger partial charge is 0.324 e. The molecule has 0 aromatic heterocycles. The van der Waals surface area contributed by atoms with E-state index in [2.05, 4.69) is 10.6 Å². The molecule has 0 saturated carbocycles. The van der Waals surface area contributed by atoms with E-state index in [0.717, 1.165) is 23.3 Å². The molecule has 1 aliphatic rings. The molecule has 0 spiro atoms. The number of amides is 4. The van der Waals surface area contributed by atoms with E-state index < -0.39 is 5.54 Å². The van der Waals surface area contributed by atoms with Gasteiger partial charge in [0.05, 0.1) is 18.6 Å². The van der Waals surface area contributed by atoms with Gasteiger partial charge in [-0.05, 0) is 30.5 Å². The summed E-state index contributed by atoms with van der Waals surface area (Å²) in [6.07, 6.45) is 1.52. The van der Waals surface area contributed by atoms with Crippen LogP contribution in [-0.4, -0.2) is 41.4 Å². The van der Waals surface area contributed by atoms with Crippen molar-refractivity contribution < 1.29 is 14.4 Å². The number of halogens is 1. The first-order valence-corrected chi connectivity index (χ1v) is 8.14. The minimum Gasteiger partial charge on any atom is -0.345 e. The average molecular weight is 369 g/mol. The SMILES string of the molecule is CCC(CC)(CN)NC(=O)c1ccc(CN2C(=O)CNC2=O)cc1.Cl. The van der Waals surface area contributed by atoms with E-state index in [1.54, 1.807) is 24.3 Å². The second-order valence-corrected chi connectivity index (χ2v) is 5.98. The van der Waals surface area contributed by atoms with Crippen LogP contribution < -0.4 is 16.4 Å². The van der Waals surface area contributed by atoms with Gasteiger partial charge < -0.3 is 16.4 Å². The van der Waals surface area contributed by atoms with Crippen molar-refractivity contribution in [2.24, 2.45) is 5.73 Å². The molecule has 0 unspecified atom stereocenters. The molecule has 2 rings (SSSR count). The Morgan fingerprint density at radius 3 is 2.28 bits per heavy atom. The van der Waals surface area contributed by atoms with Gasteiger partial charge in [-0.25, -0.2) is 4.79 Å². The van der Waals surface area contributed by atoms with Gasteiger partial charge >= 0.3 is 6.03 Å². The van der Waals surface area contributed by atoms with Crippen LogP contribution in [0.25, 0.3) is 0 Å². The molecule has 7 nitrogen and oxygen atoms in total. The molecule has 1 aromatic carbocycles. The maximum Gasteiger partial charge on any atom is 0.324 e. The largest absolute Gasteiger partial charge is 0.345 e. The van der Waals surface area contributed by atoms with Crippen molar-refractivity contribution in [1.82, 2.24) is 15.5 Å². The highest BCUT2D eigenvalue weighted by Crippen LogP contribution is 2.15. The molecular weight excluding hydrogens is 344 g/mol. The van der Waals surface area contributed by atoms with Crippen molar-refractivity contribution in [3.05, 3.63) is 35.4 Å². The van der Waals surface area contributed by atoms with Gasteiger partial charge in [0.15, 0.2) is 0 Å². The third-order valence-electron chi connectivity index (χ3n) is 4.62. The Kier molecular flexibility index (Phi) is 7.38. The van der Waals surface area contributed by atoms with Crippen LogP contribution >= 0.6 is 12.4 Å². The third-order valence-corrected chi connectivity index (χ3v) is 4.62.